The van der Waals surface area contributed by atoms with Gasteiger partial charge in [0.15, 0.2) is 0 Å². The standard InChI is InChI=1S/C17H22N2/c1-13-9-14(2)17(15(3)10-13)12-19(18)11-16-7-5-4-6-8-16/h4-10H,11-12,18H2,1-3H3. The van der Waals surface area contributed by atoms with Gasteiger partial charge in [-0.1, -0.05) is 48.0 Å². The fourth-order valence-corrected chi connectivity index (χ4v) is 2.54. The highest BCUT2D eigenvalue weighted by atomic mass is 15.4. The van der Waals surface area contributed by atoms with Crippen LogP contribution in [0, 0.1) is 20.8 Å². The van der Waals surface area contributed by atoms with Crippen LogP contribution in [-0.2, 0) is 13.1 Å². The predicted octanol–water partition coefficient (Wildman–Crippen LogP) is 3.49. The van der Waals surface area contributed by atoms with E-state index in [1.54, 1.807) is 0 Å². The smallest absolute Gasteiger partial charge is 0.0388 e. The van der Waals surface area contributed by atoms with Crippen LogP contribution in [-0.4, -0.2) is 5.01 Å². The Bertz CT molecular complexity index is 523. The summed E-state index contributed by atoms with van der Waals surface area (Å²) in [5.41, 5.74) is 6.53. The zero-order valence-corrected chi connectivity index (χ0v) is 12.0. The largest absolute Gasteiger partial charge is 0.268 e. The highest BCUT2D eigenvalue weighted by Crippen LogP contribution is 2.18. The number of nitrogens with zero attached hydrogens (tertiary/aromatic N) is 1. The van der Waals surface area contributed by atoms with Crippen molar-refractivity contribution in [3.05, 3.63) is 70.3 Å². The summed E-state index contributed by atoms with van der Waals surface area (Å²) < 4.78 is 0. The molecule has 0 heterocycles. The third kappa shape index (κ3) is 3.66. The van der Waals surface area contributed by atoms with Gasteiger partial charge in [-0.05, 0) is 43.0 Å². The molecule has 2 aromatic rings. The van der Waals surface area contributed by atoms with E-state index in [1.165, 1.54) is 27.8 Å². The number of hydrogen-bond donors (Lipinski definition) is 1. The van der Waals surface area contributed by atoms with Crippen molar-refractivity contribution in [2.75, 3.05) is 0 Å². The van der Waals surface area contributed by atoms with E-state index < -0.39 is 0 Å². The van der Waals surface area contributed by atoms with Gasteiger partial charge in [-0.2, -0.15) is 0 Å². The van der Waals surface area contributed by atoms with Crippen LogP contribution in [0.5, 0.6) is 0 Å². The number of aryl methyl sites for hydroxylation is 3. The number of hydrazine groups is 1. The first-order valence-electron chi connectivity index (χ1n) is 6.66. The van der Waals surface area contributed by atoms with Crippen molar-refractivity contribution in [3.8, 4) is 0 Å². The van der Waals surface area contributed by atoms with Gasteiger partial charge < -0.3 is 0 Å². The fraction of sp³-hybridized carbons (Fsp3) is 0.294. The maximum Gasteiger partial charge on any atom is 0.0388 e. The summed E-state index contributed by atoms with van der Waals surface area (Å²) in [5, 5.41) is 1.88. The minimum absolute atomic E-state index is 0.771. The highest BCUT2D eigenvalue weighted by molar-refractivity contribution is 5.37. The summed E-state index contributed by atoms with van der Waals surface area (Å²) in [6.07, 6.45) is 0. The van der Waals surface area contributed by atoms with Gasteiger partial charge in [-0.25, -0.2) is 5.01 Å². The molecule has 0 spiro atoms. The minimum atomic E-state index is 0.771. The molecule has 0 amide bonds. The van der Waals surface area contributed by atoms with Crippen LogP contribution in [0.4, 0.5) is 0 Å². The van der Waals surface area contributed by atoms with Gasteiger partial charge in [0.2, 0.25) is 0 Å². The maximum absolute atomic E-state index is 6.15. The fourth-order valence-electron chi connectivity index (χ4n) is 2.54. The average molecular weight is 254 g/mol. The third-order valence-electron chi connectivity index (χ3n) is 3.43. The number of nitrogens with two attached hydrogens (primary N) is 1. The Morgan fingerprint density at radius 1 is 0.895 bits per heavy atom. The van der Waals surface area contributed by atoms with Crippen molar-refractivity contribution >= 4 is 0 Å². The second-order valence-corrected chi connectivity index (χ2v) is 5.27. The highest BCUT2D eigenvalue weighted by Gasteiger charge is 2.08. The first kappa shape index (κ1) is 13.8. The molecule has 2 nitrogen and oxygen atoms in total. The van der Waals surface area contributed by atoms with Gasteiger partial charge >= 0.3 is 0 Å². The zero-order chi connectivity index (χ0) is 13.8. The summed E-state index contributed by atoms with van der Waals surface area (Å²) in [7, 11) is 0. The topological polar surface area (TPSA) is 29.3 Å². The van der Waals surface area contributed by atoms with E-state index in [-0.39, 0.29) is 0 Å². The van der Waals surface area contributed by atoms with Crippen LogP contribution in [0.3, 0.4) is 0 Å². The number of benzene rings is 2. The third-order valence-corrected chi connectivity index (χ3v) is 3.43. The molecule has 0 atom stereocenters. The van der Waals surface area contributed by atoms with E-state index in [1.807, 2.05) is 23.2 Å². The molecule has 2 heteroatoms. The van der Waals surface area contributed by atoms with Gasteiger partial charge in [0.05, 0.1) is 0 Å². The summed E-state index contributed by atoms with van der Waals surface area (Å²) in [6, 6.07) is 14.8. The molecule has 0 bridgehead atoms. The first-order valence-corrected chi connectivity index (χ1v) is 6.66. The molecule has 19 heavy (non-hydrogen) atoms. The van der Waals surface area contributed by atoms with Crippen molar-refractivity contribution in [1.29, 1.82) is 0 Å². The van der Waals surface area contributed by atoms with Crippen molar-refractivity contribution in [1.82, 2.24) is 5.01 Å². The molecule has 0 aliphatic carbocycles. The molecule has 0 aliphatic heterocycles. The van der Waals surface area contributed by atoms with Crippen molar-refractivity contribution in [2.24, 2.45) is 5.84 Å². The number of rotatable bonds is 4. The van der Waals surface area contributed by atoms with E-state index in [9.17, 15) is 0 Å². The van der Waals surface area contributed by atoms with E-state index in [0.29, 0.717) is 0 Å². The van der Waals surface area contributed by atoms with E-state index in [4.69, 9.17) is 5.84 Å². The molecule has 0 saturated heterocycles. The normalized spacial score (nSPS) is 11.0. The Hall–Kier alpha value is -1.64. The van der Waals surface area contributed by atoms with Gasteiger partial charge in [0.1, 0.15) is 0 Å². The maximum atomic E-state index is 6.15. The summed E-state index contributed by atoms with van der Waals surface area (Å²) >= 11 is 0. The Labute approximate surface area is 115 Å². The summed E-state index contributed by atoms with van der Waals surface area (Å²) in [5.74, 6) is 6.15. The number of hydrogen-bond acceptors (Lipinski definition) is 2. The molecule has 2 rings (SSSR count). The van der Waals surface area contributed by atoms with Gasteiger partial charge in [0.25, 0.3) is 0 Å². The molecule has 0 saturated carbocycles. The molecule has 0 fully saturated rings. The van der Waals surface area contributed by atoms with Gasteiger partial charge in [-0.15, -0.1) is 0 Å². The Balaban J connectivity index is 2.09. The minimum Gasteiger partial charge on any atom is -0.268 e. The van der Waals surface area contributed by atoms with Crippen molar-refractivity contribution in [2.45, 2.75) is 33.9 Å². The van der Waals surface area contributed by atoms with Crippen LogP contribution >= 0.6 is 0 Å². The molecule has 2 aromatic carbocycles. The average Bonchev–Trinajstić information content (AvgIpc) is 2.35. The van der Waals surface area contributed by atoms with Crippen molar-refractivity contribution < 1.29 is 0 Å². The lowest BCUT2D eigenvalue weighted by atomic mass is 9.99. The van der Waals surface area contributed by atoms with E-state index in [2.05, 4.69) is 45.0 Å². The molecule has 2 N–H and O–H groups in total. The Morgan fingerprint density at radius 3 is 2.05 bits per heavy atom. The van der Waals surface area contributed by atoms with Crippen LogP contribution < -0.4 is 5.84 Å². The van der Waals surface area contributed by atoms with Crippen molar-refractivity contribution in [3.63, 3.8) is 0 Å². The lowest BCUT2D eigenvalue weighted by Gasteiger charge is -2.20. The molecular formula is C17H22N2. The first-order chi connectivity index (χ1) is 9.06. The van der Waals surface area contributed by atoms with Crippen LogP contribution in [0.2, 0.25) is 0 Å². The van der Waals surface area contributed by atoms with Crippen LogP contribution in [0.25, 0.3) is 0 Å². The second kappa shape index (κ2) is 6.00. The summed E-state index contributed by atoms with van der Waals surface area (Å²) in [4.78, 5) is 0. The van der Waals surface area contributed by atoms with E-state index >= 15 is 0 Å². The SMILES string of the molecule is Cc1cc(C)c(CN(N)Cc2ccccc2)c(C)c1. The molecule has 0 unspecified atom stereocenters. The lowest BCUT2D eigenvalue weighted by Crippen LogP contribution is -2.30. The van der Waals surface area contributed by atoms with Gasteiger partial charge in [0, 0.05) is 13.1 Å². The van der Waals surface area contributed by atoms with Crippen LogP contribution in [0.15, 0.2) is 42.5 Å². The van der Waals surface area contributed by atoms with Crippen LogP contribution in [0.1, 0.15) is 27.8 Å². The molecular weight excluding hydrogens is 232 g/mol. The Kier molecular flexibility index (Phi) is 4.35. The Morgan fingerprint density at radius 2 is 1.47 bits per heavy atom. The molecule has 0 radical (unpaired) electrons. The second-order valence-electron chi connectivity index (χ2n) is 5.27. The molecule has 0 aliphatic rings. The quantitative estimate of drug-likeness (QED) is 0.668. The lowest BCUT2D eigenvalue weighted by molar-refractivity contribution is 0.265. The predicted molar refractivity (Wildman–Crippen MR) is 80.5 cm³/mol. The summed E-state index contributed by atoms with van der Waals surface area (Å²) in [6.45, 7) is 8.01. The van der Waals surface area contributed by atoms with Gasteiger partial charge in [-0.3, -0.25) is 5.84 Å². The van der Waals surface area contributed by atoms with E-state index in [0.717, 1.165) is 13.1 Å². The monoisotopic (exact) mass is 254 g/mol. The molecule has 100 valence electrons. The zero-order valence-electron chi connectivity index (χ0n) is 12.0. The molecule has 0 aromatic heterocycles.